The van der Waals surface area contributed by atoms with Gasteiger partial charge in [0, 0.05) is 19.6 Å². The summed E-state index contributed by atoms with van der Waals surface area (Å²) < 4.78 is 12.1. The Morgan fingerprint density at radius 2 is 1.73 bits per heavy atom. The van der Waals surface area contributed by atoms with Crippen LogP contribution in [0.15, 0.2) is 66.7 Å². The highest BCUT2D eigenvalue weighted by Crippen LogP contribution is 2.46. The lowest BCUT2D eigenvalue weighted by Crippen LogP contribution is -2.45. The molecule has 3 aromatic rings. The molecule has 0 aromatic heterocycles. The Labute approximate surface area is 178 Å². The number of β-amino-alcohol motifs (C(OH)–C–C–N with tert-alkyl or cyclic N) is 1. The van der Waals surface area contributed by atoms with E-state index < -0.39 is 6.10 Å². The maximum Gasteiger partial charge on any atom is 0.0963 e. The van der Waals surface area contributed by atoms with Crippen molar-refractivity contribution in [3.05, 3.63) is 83.4 Å². The van der Waals surface area contributed by atoms with E-state index in [0.717, 1.165) is 31.5 Å². The minimum absolute atomic E-state index is 0.162. The third-order valence-corrected chi connectivity index (χ3v) is 6.58. The van der Waals surface area contributed by atoms with Crippen molar-refractivity contribution in [1.82, 2.24) is 4.90 Å². The average Bonchev–Trinajstić information content (AvgIpc) is 3.15. The van der Waals surface area contributed by atoms with Crippen LogP contribution in [0.4, 0.5) is 0 Å². The first-order chi connectivity index (χ1) is 14.7. The smallest absolute Gasteiger partial charge is 0.0963 e. The van der Waals surface area contributed by atoms with Crippen molar-refractivity contribution in [1.29, 1.82) is 0 Å². The Bertz CT molecular complexity index is 996. The van der Waals surface area contributed by atoms with Gasteiger partial charge < -0.3 is 19.5 Å². The van der Waals surface area contributed by atoms with Gasteiger partial charge in [0.05, 0.1) is 31.5 Å². The van der Waals surface area contributed by atoms with Crippen LogP contribution in [0.5, 0.6) is 0 Å². The molecule has 0 amide bonds. The van der Waals surface area contributed by atoms with Gasteiger partial charge in [-0.05, 0) is 40.3 Å². The van der Waals surface area contributed by atoms with Gasteiger partial charge in [0.2, 0.25) is 0 Å². The lowest BCUT2D eigenvalue weighted by atomic mass is 9.82. The van der Waals surface area contributed by atoms with E-state index in [-0.39, 0.29) is 5.60 Å². The molecule has 5 rings (SSSR count). The predicted octanol–water partition coefficient (Wildman–Crippen LogP) is 4.24. The van der Waals surface area contributed by atoms with Crippen LogP contribution in [0.1, 0.15) is 29.5 Å². The number of hydrogen-bond donors (Lipinski definition) is 1. The number of piperidine rings is 1. The van der Waals surface area contributed by atoms with E-state index in [1.54, 1.807) is 0 Å². The summed E-state index contributed by atoms with van der Waals surface area (Å²) in [6.45, 7) is 4.12. The number of nitrogens with zero attached hydrogens (tertiary/aromatic N) is 1. The van der Waals surface area contributed by atoms with E-state index in [2.05, 4.69) is 41.3 Å². The third kappa shape index (κ3) is 3.88. The van der Waals surface area contributed by atoms with Crippen molar-refractivity contribution in [3.8, 4) is 0 Å². The number of hydrogen-bond acceptors (Lipinski definition) is 4. The highest BCUT2D eigenvalue weighted by atomic mass is 16.5. The zero-order chi connectivity index (χ0) is 20.4. The number of aliphatic hydroxyl groups excluding tert-OH is 1. The number of rotatable bonds is 6. The summed E-state index contributed by atoms with van der Waals surface area (Å²) in [6.07, 6.45) is 1.47. The molecule has 1 N–H and O–H groups in total. The first kappa shape index (κ1) is 19.7. The lowest BCUT2D eigenvalue weighted by Gasteiger charge is -2.40. The molecular weight excluding hydrogens is 374 g/mol. The molecule has 2 heterocycles. The molecule has 0 saturated carbocycles. The topological polar surface area (TPSA) is 41.9 Å². The van der Waals surface area contributed by atoms with Crippen LogP contribution in [0, 0.1) is 0 Å². The molecule has 2 aliphatic heterocycles. The second-order valence-electron chi connectivity index (χ2n) is 8.55. The third-order valence-electron chi connectivity index (χ3n) is 6.58. The number of aliphatic hydroxyl groups is 1. The molecule has 2 aliphatic rings. The fraction of sp³-hybridized carbons (Fsp3) is 0.385. The quantitative estimate of drug-likeness (QED) is 0.669. The Kier molecular flexibility index (Phi) is 5.57. The van der Waals surface area contributed by atoms with Gasteiger partial charge in [0.15, 0.2) is 0 Å². The maximum atomic E-state index is 10.4. The molecule has 3 aromatic carbocycles. The van der Waals surface area contributed by atoms with E-state index in [1.165, 1.54) is 21.9 Å². The van der Waals surface area contributed by atoms with Crippen LogP contribution in [-0.2, 0) is 28.3 Å². The predicted molar refractivity (Wildman–Crippen MR) is 118 cm³/mol. The number of likely N-dealkylation sites (tertiary alicyclic amines) is 1. The van der Waals surface area contributed by atoms with Crippen molar-refractivity contribution in [2.45, 2.75) is 37.8 Å². The Morgan fingerprint density at radius 1 is 0.967 bits per heavy atom. The summed E-state index contributed by atoms with van der Waals surface area (Å²) in [4.78, 5) is 2.34. The number of fused-ring (bicyclic) bond motifs is 4. The highest BCUT2D eigenvalue weighted by molar-refractivity contribution is 5.87. The number of ether oxygens (including phenoxy) is 2. The zero-order valence-electron chi connectivity index (χ0n) is 17.3. The van der Waals surface area contributed by atoms with Crippen LogP contribution in [0.25, 0.3) is 10.8 Å². The van der Waals surface area contributed by atoms with Gasteiger partial charge in [-0.15, -0.1) is 0 Å². The Hall–Kier alpha value is -2.24. The number of benzene rings is 3. The van der Waals surface area contributed by atoms with Crippen LogP contribution in [0.3, 0.4) is 0 Å². The highest BCUT2D eigenvalue weighted by Gasteiger charge is 2.43. The van der Waals surface area contributed by atoms with Crippen molar-refractivity contribution in [2.75, 3.05) is 26.2 Å². The molecule has 1 spiro atoms. The van der Waals surface area contributed by atoms with Gasteiger partial charge in [0.1, 0.15) is 0 Å². The van der Waals surface area contributed by atoms with E-state index in [1.807, 2.05) is 30.3 Å². The van der Waals surface area contributed by atoms with Gasteiger partial charge in [-0.1, -0.05) is 66.7 Å². The molecule has 1 unspecified atom stereocenters. The normalized spacial score (nSPS) is 19.2. The second-order valence-corrected chi connectivity index (χ2v) is 8.55. The molecule has 30 heavy (non-hydrogen) atoms. The Morgan fingerprint density at radius 3 is 2.57 bits per heavy atom. The average molecular weight is 404 g/mol. The minimum atomic E-state index is -0.469. The van der Waals surface area contributed by atoms with Gasteiger partial charge in [-0.25, -0.2) is 0 Å². The first-order valence-corrected chi connectivity index (χ1v) is 10.9. The van der Waals surface area contributed by atoms with Crippen molar-refractivity contribution >= 4 is 10.8 Å². The molecule has 0 radical (unpaired) electrons. The summed E-state index contributed by atoms with van der Waals surface area (Å²) in [7, 11) is 0. The summed E-state index contributed by atoms with van der Waals surface area (Å²) >= 11 is 0. The molecule has 0 aliphatic carbocycles. The van der Waals surface area contributed by atoms with Gasteiger partial charge in [0.25, 0.3) is 0 Å². The molecule has 4 heteroatoms. The fourth-order valence-corrected chi connectivity index (χ4v) is 4.95. The van der Waals surface area contributed by atoms with E-state index >= 15 is 0 Å². The van der Waals surface area contributed by atoms with Gasteiger partial charge in [-0.2, -0.15) is 0 Å². The summed E-state index contributed by atoms with van der Waals surface area (Å²) in [5.41, 5.74) is 3.70. The Balaban J connectivity index is 1.16. The molecule has 0 bridgehead atoms. The van der Waals surface area contributed by atoms with Crippen LogP contribution < -0.4 is 0 Å². The van der Waals surface area contributed by atoms with Crippen LogP contribution in [0.2, 0.25) is 0 Å². The largest absolute Gasteiger partial charge is 0.389 e. The summed E-state index contributed by atoms with van der Waals surface area (Å²) in [6, 6.07) is 23.2. The maximum absolute atomic E-state index is 10.4. The van der Waals surface area contributed by atoms with Crippen molar-refractivity contribution in [3.63, 3.8) is 0 Å². The zero-order valence-corrected chi connectivity index (χ0v) is 17.3. The van der Waals surface area contributed by atoms with Crippen LogP contribution in [-0.4, -0.2) is 42.4 Å². The SMILES string of the molecule is OC(COCc1ccccc1)CN1CCC2(CC1)OCc1c2ccc2ccccc12. The van der Waals surface area contributed by atoms with Crippen molar-refractivity contribution in [2.24, 2.45) is 0 Å². The van der Waals surface area contributed by atoms with Gasteiger partial charge in [-0.3, -0.25) is 0 Å². The molecular formula is C26H29NO3. The summed E-state index contributed by atoms with van der Waals surface area (Å²) in [5.74, 6) is 0. The van der Waals surface area contributed by atoms with E-state index in [4.69, 9.17) is 9.47 Å². The lowest BCUT2D eigenvalue weighted by molar-refractivity contribution is -0.0853. The standard InChI is InChI=1S/C26H29NO3/c28-22(18-29-17-20-6-2-1-3-7-20)16-27-14-12-26(13-15-27)25-11-10-21-8-4-5-9-23(21)24(25)19-30-26/h1-11,22,28H,12-19H2. The summed E-state index contributed by atoms with van der Waals surface area (Å²) in [5, 5.41) is 13.0. The minimum Gasteiger partial charge on any atom is -0.389 e. The first-order valence-electron chi connectivity index (χ1n) is 10.9. The molecule has 4 nitrogen and oxygen atoms in total. The molecule has 156 valence electrons. The molecule has 1 fully saturated rings. The van der Waals surface area contributed by atoms with Crippen LogP contribution >= 0.6 is 0 Å². The van der Waals surface area contributed by atoms with Gasteiger partial charge >= 0.3 is 0 Å². The van der Waals surface area contributed by atoms with E-state index in [0.29, 0.717) is 26.4 Å². The van der Waals surface area contributed by atoms with E-state index in [9.17, 15) is 5.11 Å². The van der Waals surface area contributed by atoms with Crippen molar-refractivity contribution < 1.29 is 14.6 Å². The monoisotopic (exact) mass is 403 g/mol. The fourth-order valence-electron chi connectivity index (χ4n) is 4.95. The molecule has 1 saturated heterocycles. The molecule has 1 atom stereocenters. The second kappa shape index (κ2) is 8.48.